The van der Waals surface area contributed by atoms with Crippen LogP contribution in [0.5, 0.6) is 0 Å². The molecule has 0 atom stereocenters. The second-order valence-corrected chi connectivity index (χ2v) is 5.66. The van der Waals surface area contributed by atoms with Gasteiger partial charge in [-0.25, -0.2) is 0 Å². The van der Waals surface area contributed by atoms with E-state index in [-0.39, 0.29) is 18.4 Å². The Morgan fingerprint density at radius 2 is 1.83 bits per heavy atom. The van der Waals surface area contributed by atoms with Gasteiger partial charge < -0.3 is 16.0 Å². The largest absolute Gasteiger partial charge is 0.376 e. The summed E-state index contributed by atoms with van der Waals surface area (Å²) in [6, 6.07) is 12.9. The van der Waals surface area contributed by atoms with Gasteiger partial charge in [-0.2, -0.15) is 0 Å². The molecular formula is C19H23N3O2. The number of aryl methyl sites for hydroxylation is 2. The van der Waals surface area contributed by atoms with Gasteiger partial charge in [0.1, 0.15) is 0 Å². The third-order valence-corrected chi connectivity index (χ3v) is 3.57. The molecule has 0 fully saturated rings. The number of hydrogen-bond donors (Lipinski definition) is 3. The van der Waals surface area contributed by atoms with Crippen molar-refractivity contribution >= 4 is 23.2 Å². The van der Waals surface area contributed by atoms with Crippen molar-refractivity contribution in [1.82, 2.24) is 5.32 Å². The summed E-state index contributed by atoms with van der Waals surface area (Å²) < 4.78 is 0. The fourth-order valence-electron chi connectivity index (χ4n) is 2.39. The summed E-state index contributed by atoms with van der Waals surface area (Å²) in [4.78, 5) is 23.9. The van der Waals surface area contributed by atoms with Crippen LogP contribution in [0.25, 0.3) is 0 Å². The lowest BCUT2D eigenvalue weighted by molar-refractivity contribution is -0.114. The summed E-state index contributed by atoms with van der Waals surface area (Å²) in [6.07, 6.45) is 0. The number of hydrogen-bond acceptors (Lipinski definition) is 3. The molecule has 24 heavy (non-hydrogen) atoms. The highest BCUT2D eigenvalue weighted by molar-refractivity contribution is 5.98. The van der Waals surface area contributed by atoms with E-state index in [0.29, 0.717) is 17.8 Å². The summed E-state index contributed by atoms with van der Waals surface area (Å²) in [5, 5.41) is 8.66. The van der Waals surface area contributed by atoms with Crippen LogP contribution in [-0.4, -0.2) is 24.9 Å². The van der Waals surface area contributed by atoms with Crippen LogP contribution in [0.2, 0.25) is 0 Å². The average molecular weight is 325 g/mol. The Balaban J connectivity index is 1.95. The van der Waals surface area contributed by atoms with E-state index in [1.54, 1.807) is 24.3 Å². The van der Waals surface area contributed by atoms with Crippen LogP contribution in [0.3, 0.4) is 0 Å². The van der Waals surface area contributed by atoms with Gasteiger partial charge in [0.05, 0.1) is 6.54 Å². The maximum Gasteiger partial charge on any atom is 0.251 e. The number of carbonyl (C=O) groups is 2. The maximum absolute atomic E-state index is 12.1. The van der Waals surface area contributed by atoms with Crippen LogP contribution in [0, 0.1) is 13.8 Å². The molecule has 2 amide bonds. The van der Waals surface area contributed by atoms with E-state index in [9.17, 15) is 9.59 Å². The third kappa shape index (κ3) is 4.84. The van der Waals surface area contributed by atoms with Crippen LogP contribution < -0.4 is 16.0 Å². The molecule has 5 nitrogen and oxygen atoms in total. The Morgan fingerprint density at radius 3 is 2.54 bits per heavy atom. The summed E-state index contributed by atoms with van der Waals surface area (Å²) in [6.45, 7) is 6.63. The highest BCUT2D eigenvalue weighted by Crippen LogP contribution is 2.16. The van der Waals surface area contributed by atoms with Crippen LogP contribution in [0.1, 0.15) is 28.4 Å². The van der Waals surface area contributed by atoms with Crippen LogP contribution in [0.15, 0.2) is 42.5 Å². The zero-order valence-electron chi connectivity index (χ0n) is 14.3. The van der Waals surface area contributed by atoms with E-state index < -0.39 is 0 Å². The van der Waals surface area contributed by atoms with Crippen molar-refractivity contribution in [1.29, 1.82) is 0 Å². The van der Waals surface area contributed by atoms with Gasteiger partial charge in [-0.15, -0.1) is 0 Å². The molecule has 0 saturated carbocycles. The zero-order chi connectivity index (χ0) is 17.5. The molecule has 126 valence electrons. The second-order valence-electron chi connectivity index (χ2n) is 5.66. The highest BCUT2D eigenvalue weighted by Gasteiger charge is 2.07. The fourth-order valence-corrected chi connectivity index (χ4v) is 2.39. The topological polar surface area (TPSA) is 70.2 Å². The van der Waals surface area contributed by atoms with Crippen molar-refractivity contribution in [2.24, 2.45) is 0 Å². The van der Waals surface area contributed by atoms with E-state index in [2.05, 4.69) is 22.0 Å². The van der Waals surface area contributed by atoms with E-state index in [1.807, 2.05) is 32.9 Å². The molecule has 0 aliphatic rings. The summed E-state index contributed by atoms with van der Waals surface area (Å²) >= 11 is 0. The van der Waals surface area contributed by atoms with Crippen LogP contribution in [-0.2, 0) is 4.79 Å². The van der Waals surface area contributed by atoms with Crippen molar-refractivity contribution in [3.63, 3.8) is 0 Å². The Bertz CT molecular complexity index is 741. The van der Waals surface area contributed by atoms with Crippen LogP contribution in [0.4, 0.5) is 11.4 Å². The highest BCUT2D eigenvalue weighted by atomic mass is 16.2. The quantitative estimate of drug-likeness (QED) is 0.764. The minimum Gasteiger partial charge on any atom is -0.376 e. The lowest BCUT2D eigenvalue weighted by atomic mass is 10.1. The molecule has 2 aromatic rings. The van der Waals surface area contributed by atoms with Gasteiger partial charge >= 0.3 is 0 Å². The molecule has 2 rings (SSSR count). The van der Waals surface area contributed by atoms with Crippen molar-refractivity contribution in [2.75, 3.05) is 23.7 Å². The first kappa shape index (κ1) is 17.5. The lowest BCUT2D eigenvalue weighted by Gasteiger charge is -2.11. The summed E-state index contributed by atoms with van der Waals surface area (Å²) in [5.74, 6) is -0.315. The normalized spacial score (nSPS) is 10.1. The standard InChI is InChI=1S/C19H23N3O2/c1-4-20-19(24)15-6-5-7-16(11-15)22-18(23)12-21-17-9-8-13(2)10-14(17)3/h5-11,21H,4,12H2,1-3H3,(H,20,24)(H,22,23). The molecule has 5 heteroatoms. The maximum atomic E-state index is 12.1. The monoisotopic (exact) mass is 325 g/mol. The van der Waals surface area contributed by atoms with E-state index >= 15 is 0 Å². The molecule has 0 bridgehead atoms. The van der Waals surface area contributed by atoms with Crippen LogP contribution >= 0.6 is 0 Å². The van der Waals surface area contributed by atoms with Gasteiger partial charge in [-0.1, -0.05) is 23.8 Å². The number of rotatable bonds is 6. The Hall–Kier alpha value is -2.82. The fraction of sp³-hybridized carbons (Fsp3) is 0.263. The second kappa shape index (κ2) is 8.15. The Kier molecular flexibility index (Phi) is 5.95. The molecule has 0 aliphatic carbocycles. The van der Waals surface area contributed by atoms with Gasteiger partial charge in [0.2, 0.25) is 5.91 Å². The number of benzene rings is 2. The predicted octanol–water partition coefficient (Wildman–Crippen LogP) is 3.10. The average Bonchev–Trinajstić information content (AvgIpc) is 2.54. The summed E-state index contributed by atoms with van der Waals surface area (Å²) in [7, 11) is 0. The van der Waals surface area contributed by atoms with Gasteiger partial charge in [0.15, 0.2) is 0 Å². The van der Waals surface area contributed by atoms with Gasteiger partial charge in [-0.3, -0.25) is 9.59 Å². The van der Waals surface area contributed by atoms with Crippen molar-refractivity contribution in [3.8, 4) is 0 Å². The van der Waals surface area contributed by atoms with Crippen molar-refractivity contribution in [3.05, 3.63) is 59.2 Å². The molecule has 3 N–H and O–H groups in total. The molecule has 0 heterocycles. The number of amides is 2. The molecule has 0 spiro atoms. The first-order chi connectivity index (χ1) is 11.5. The molecule has 0 radical (unpaired) electrons. The van der Waals surface area contributed by atoms with Crippen molar-refractivity contribution in [2.45, 2.75) is 20.8 Å². The SMILES string of the molecule is CCNC(=O)c1cccc(NC(=O)CNc2ccc(C)cc2C)c1. The minimum absolute atomic E-state index is 0.151. The lowest BCUT2D eigenvalue weighted by Crippen LogP contribution is -2.24. The van der Waals surface area contributed by atoms with Gasteiger partial charge in [-0.05, 0) is 50.6 Å². The number of carbonyl (C=O) groups excluding carboxylic acids is 2. The number of nitrogens with one attached hydrogen (secondary N) is 3. The van der Waals surface area contributed by atoms with Crippen molar-refractivity contribution < 1.29 is 9.59 Å². The van der Waals surface area contributed by atoms with Gasteiger partial charge in [0.25, 0.3) is 5.91 Å². The van der Waals surface area contributed by atoms with E-state index in [0.717, 1.165) is 11.3 Å². The first-order valence-corrected chi connectivity index (χ1v) is 7.99. The third-order valence-electron chi connectivity index (χ3n) is 3.57. The Labute approximate surface area is 142 Å². The smallest absolute Gasteiger partial charge is 0.251 e. The van der Waals surface area contributed by atoms with E-state index in [4.69, 9.17) is 0 Å². The first-order valence-electron chi connectivity index (χ1n) is 7.99. The molecule has 0 saturated heterocycles. The molecule has 2 aromatic carbocycles. The summed E-state index contributed by atoms with van der Waals surface area (Å²) in [5.41, 5.74) is 4.35. The minimum atomic E-state index is -0.164. The Morgan fingerprint density at radius 1 is 1.04 bits per heavy atom. The number of anilines is 2. The molecule has 0 aromatic heterocycles. The van der Waals surface area contributed by atoms with Gasteiger partial charge in [0, 0.05) is 23.5 Å². The molecular weight excluding hydrogens is 302 g/mol. The predicted molar refractivity (Wildman–Crippen MR) is 97.5 cm³/mol. The van der Waals surface area contributed by atoms with E-state index in [1.165, 1.54) is 5.56 Å². The zero-order valence-corrected chi connectivity index (χ0v) is 14.3. The molecule has 0 aliphatic heterocycles. The molecule has 0 unspecified atom stereocenters.